The molecular weight excluding hydrogens is 829 g/mol. The lowest BCUT2D eigenvalue weighted by Crippen LogP contribution is -2.09. The quantitative estimate of drug-likeness (QED) is 0.0638. The van der Waals surface area contributed by atoms with Crippen LogP contribution in [0.5, 0.6) is 0 Å². The molecule has 0 atom stereocenters. The van der Waals surface area contributed by atoms with Crippen LogP contribution < -0.4 is 11.5 Å². The summed E-state index contributed by atoms with van der Waals surface area (Å²) in [6, 6.07) is 9.57. The van der Waals surface area contributed by atoms with Crippen LogP contribution in [0, 0.1) is 0 Å². The molecule has 398 valence electrons. The van der Waals surface area contributed by atoms with Crippen LogP contribution in [0.2, 0.25) is 0 Å². The zero-order valence-corrected chi connectivity index (χ0v) is 45.9. The lowest BCUT2D eigenvalue weighted by atomic mass is 9.99. The van der Waals surface area contributed by atoms with Gasteiger partial charge in [-0.1, -0.05) is 332 Å². The first-order valence-electron chi connectivity index (χ1n) is 31.2. The first-order chi connectivity index (χ1) is 33.6. The molecule has 1 rings (SSSR count). The third-order valence-corrected chi connectivity index (χ3v) is 15.3. The van der Waals surface area contributed by atoms with Gasteiger partial charge in [0, 0.05) is 12.8 Å². The molecule has 0 saturated carbocycles. The summed E-state index contributed by atoms with van der Waals surface area (Å²) >= 11 is 0. The Labute approximate surface area is 426 Å². The van der Waals surface area contributed by atoms with Crippen LogP contribution in [0.1, 0.15) is 358 Å². The maximum atomic E-state index is 10.8. The number of carbonyl (C=O) groups excluding carboxylic acids is 2. The van der Waals surface area contributed by atoms with Crippen LogP contribution in [0.15, 0.2) is 24.3 Å². The summed E-state index contributed by atoms with van der Waals surface area (Å²) < 4.78 is 0. The van der Waals surface area contributed by atoms with E-state index in [2.05, 4.69) is 24.3 Å². The van der Waals surface area contributed by atoms with Gasteiger partial charge in [-0.15, -0.1) is 0 Å². The minimum Gasteiger partial charge on any atom is -0.370 e. The Morgan fingerprint density at radius 3 is 0.544 bits per heavy atom. The van der Waals surface area contributed by atoms with Crippen LogP contribution in [-0.2, 0) is 22.4 Å². The van der Waals surface area contributed by atoms with Gasteiger partial charge in [-0.05, 0) is 49.7 Å². The number of hydrogen-bond acceptors (Lipinski definition) is 2. The van der Waals surface area contributed by atoms with Gasteiger partial charge in [0.2, 0.25) is 11.8 Å². The molecule has 1 aromatic rings. The standard InChI is InChI=1S/C64H120N2O2/c65-63(67)58-51-47-43-39-35-31-27-23-19-15-11-7-3-1-5-9-13-17-21-25-29-33-37-41-45-49-54-61-56-53-57-62(60-61)55-50-46-42-38-34-30-26-22-18-14-10-6-2-4-8-12-16-20-24-28-32-36-40-44-48-52-59-64(66)68/h53,56-57,60H,1-52,54-55,58-59H2,(H2,65,67)(H2,66,68). The summed E-state index contributed by atoms with van der Waals surface area (Å²) in [5.41, 5.74) is 13.5. The molecule has 68 heavy (non-hydrogen) atoms. The van der Waals surface area contributed by atoms with E-state index in [1.807, 2.05) is 0 Å². The van der Waals surface area contributed by atoms with E-state index in [9.17, 15) is 9.59 Å². The molecule has 1 aromatic carbocycles. The summed E-state index contributed by atoms with van der Waals surface area (Å²) in [6.45, 7) is 0. The van der Waals surface area contributed by atoms with Crippen molar-refractivity contribution in [3.05, 3.63) is 35.4 Å². The van der Waals surface area contributed by atoms with Gasteiger partial charge in [0.15, 0.2) is 0 Å². The SMILES string of the molecule is NC(=O)CCCCCCCCCCCCCCCCCCCCCCCCCCCCc1cccc(CCCCCCCCCCCCCCCCCCCCCCCCCCCCC(N)=O)c1. The third-order valence-electron chi connectivity index (χ3n) is 15.3. The lowest BCUT2D eigenvalue weighted by Gasteiger charge is -2.07. The minimum absolute atomic E-state index is 0.149. The Balaban J connectivity index is 1.74. The molecule has 0 heterocycles. The van der Waals surface area contributed by atoms with Gasteiger partial charge < -0.3 is 11.5 Å². The maximum absolute atomic E-state index is 10.8. The molecule has 0 spiro atoms. The topological polar surface area (TPSA) is 86.2 Å². The van der Waals surface area contributed by atoms with E-state index in [1.165, 1.54) is 321 Å². The monoisotopic (exact) mass is 949 g/mol. The molecule has 4 heteroatoms. The number of nitrogens with two attached hydrogens (primary N) is 2. The number of benzene rings is 1. The highest BCUT2D eigenvalue weighted by molar-refractivity contribution is 5.73. The van der Waals surface area contributed by atoms with E-state index < -0.39 is 0 Å². The predicted molar refractivity (Wildman–Crippen MR) is 302 cm³/mol. The van der Waals surface area contributed by atoms with E-state index in [0.717, 1.165) is 25.7 Å². The molecule has 0 saturated heterocycles. The molecule has 2 amide bonds. The number of aryl methyl sites for hydroxylation is 2. The second-order valence-electron chi connectivity index (χ2n) is 22.1. The molecule has 0 radical (unpaired) electrons. The van der Waals surface area contributed by atoms with Crippen molar-refractivity contribution in [2.24, 2.45) is 11.5 Å². The van der Waals surface area contributed by atoms with Gasteiger partial charge in [-0.25, -0.2) is 0 Å². The molecule has 0 unspecified atom stereocenters. The van der Waals surface area contributed by atoms with Crippen molar-refractivity contribution in [1.82, 2.24) is 0 Å². The average Bonchev–Trinajstić information content (AvgIpc) is 3.33. The van der Waals surface area contributed by atoms with Crippen LogP contribution in [0.4, 0.5) is 0 Å². The Bertz CT molecular complexity index is 1080. The highest BCUT2D eigenvalue weighted by Gasteiger charge is 2.02. The number of primary amides is 2. The van der Waals surface area contributed by atoms with Crippen molar-refractivity contribution >= 4 is 11.8 Å². The first kappa shape index (κ1) is 64.2. The van der Waals surface area contributed by atoms with Gasteiger partial charge in [-0.2, -0.15) is 0 Å². The Kier molecular flexibility index (Phi) is 51.4. The zero-order valence-electron chi connectivity index (χ0n) is 45.9. The van der Waals surface area contributed by atoms with Crippen LogP contribution in [0.3, 0.4) is 0 Å². The van der Waals surface area contributed by atoms with Gasteiger partial charge >= 0.3 is 0 Å². The van der Waals surface area contributed by atoms with E-state index >= 15 is 0 Å². The van der Waals surface area contributed by atoms with Crippen LogP contribution >= 0.6 is 0 Å². The van der Waals surface area contributed by atoms with Crippen LogP contribution in [0.25, 0.3) is 0 Å². The fourth-order valence-corrected chi connectivity index (χ4v) is 10.7. The fourth-order valence-electron chi connectivity index (χ4n) is 10.7. The summed E-state index contributed by atoms with van der Waals surface area (Å²) in [5.74, 6) is -0.298. The van der Waals surface area contributed by atoms with E-state index in [0.29, 0.717) is 12.8 Å². The summed E-state index contributed by atoms with van der Waals surface area (Å²) in [4.78, 5) is 21.5. The van der Waals surface area contributed by atoms with Crippen molar-refractivity contribution in [3.63, 3.8) is 0 Å². The highest BCUT2D eigenvalue weighted by atomic mass is 16.1. The summed E-state index contributed by atoms with van der Waals surface area (Å²) in [7, 11) is 0. The summed E-state index contributed by atoms with van der Waals surface area (Å²) in [5, 5.41) is 0. The molecule has 4 N–H and O–H groups in total. The van der Waals surface area contributed by atoms with Gasteiger partial charge in [0.1, 0.15) is 0 Å². The number of hydrogen-bond donors (Lipinski definition) is 2. The van der Waals surface area contributed by atoms with Crippen molar-refractivity contribution in [2.45, 2.75) is 360 Å². The molecule has 0 aliphatic heterocycles. The number of unbranched alkanes of at least 4 members (excludes halogenated alkanes) is 50. The van der Waals surface area contributed by atoms with Crippen molar-refractivity contribution in [1.29, 1.82) is 0 Å². The number of amides is 2. The zero-order chi connectivity index (χ0) is 48.7. The Morgan fingerprint density at radius 1 is 0.235 bits per heavy atom. The van der Waals surface area contributed by atoms with Crippen molar-refractivity contribution in [3.8, 4) is 0 Å². The normalized spacial score (nSPS) is 11.5. The second kappa shape index (κ2) is 54.5. The molecule has 4 nitrogen and oxygen atoms in total. The van der Waals surface area contributed by atoms with E-state index in [-0.39, 0.29) is 11.8 Å². The minimum atomic E-state index is -0.149. The highest BCUT2D eigenvalue weighted by Crippen LogP contribution is 2.20. The van der Waals surface area contributed by atoms with Gasteiger partial charge in [-0.3, -0.25) is 9.59 Å². The second-order valence-corrected chi connectivity index (χ2v) is 22.1. The Hall–Kier alpha value is -1.84. The van der Waals surface area contributed by atoms with E-state index in [1.54, 1.807) is 11.1 Å². The molecule has 0 aliphatic rings. The smallest absolute Gasteiger partial charge is 0.217 e. The first-order valence-corrected chi connectivity index (χ1v) is 31.2. The fraction of sp³-hybridized carbons (Fsp3) is 0.875. The third kappa shape index (κ3) is 52.0. The molecule has 0 bridgehead atoms. The van der Waals surface area contributed by atoms with E-state index in [4.69, 9.17) is 11.5 Å². The number of rotatable bonds is 58. The molecule has 0 aromatic heterocycles. The average molecular weight is 950 g/mol. The summed E-state index contributed by atoms with van der Waals surface area (Å²) in [6.07, 6.45) is 76.3. The number of carbonyl (C=O) groups is 2. The van der Waals surface area contributed by atoms with Gasteiger partial charge in [0.05, 0.1) is 0 Å². The van der Waals surface area contributed by atoms with Crippen molar-refractivity contribution in [2.75, 3.05) is 0 Å². The maximum Gasteiger partial charge on any atom is 0.217 e. The lowest BCUT2D eigenvalue weighted by molar-refractivity contribution is -0.119. The molecule has 0 aliphatic carbocycles. The largest absolute Gasteiger partial charge is 0.370 e. The van der Waals surface area contributed by atoms with Crippen LogP contribution in [-0.4, -0.2) is 11.8 Å². The molecular formula is C64H120N2O2. The van der Waals surface area contributed by atoms with Gasteiger partial charge in [0.25, 0.3) is 0 Å². The molecule has 0 fully saturated rings. The van der Waals surface area contributed by atoms with Crippen molar-refractivity contribution < 1.29 is 9.59 Å². The Morgan fingerprint density at radius 2 is 0.382 bits per heavy atom. The predicted octanol–water partition coefficient (Wildman–Crippen LogP) is 20.8.